The van der Waals surface area contributed by atoms with Crippen LogP contribution in [-0.4, -0.2) is 20.3 Å². The molecule has 0 heterocycles. The lowest BCUT2D eigenvalue weighted by Crippen LogP contribution is -2.27. The molecule has 0 aliphatic carbocycles. The predicted molar refractivity (Wildman–Crippen MR) is 76.2 cm³/mol. The van der Waals surface area contributed by atoms with Gasteiger partial charge in [0.15, 0.2) is 0 Å². The van der Waals surface area contributed by atoms with Gasteiger partial charge in [-0.15, -0.1) is 0 Å². The van der Waals surface area contributed by atoms with Gasteiger partial charge in [0.1, 0.15) is 5.82 Å². The summed E-state index contributed by atoms with van der Waals surface area (Å²) in [7, 11) is 1.71. The first-order chi connectivity index (χ1) is 8.60. The van der Waals surface area contributed by atoms with Crippen LogP contribution in [-0.2, 0) is 4.74 Å². The lowest BCUT2D eigenvalue weighted by atomic mass is 9.92. The third-order valence-corrected chi connectivity index (χ3v) is 3.68. The van der Waals surface area contributed by atoms with Crippen molar-refractivity contribution in [3.05, 3.63) is 34.1 Å². The van der Waals surface area contributed by atoms with Crippen molar-refractivity contribution in [3.8, 4) is 0 Å². The van der Waals surface area contributed by atoms with Crippen LogP contribution in [0.3, 0.4) is 0 Å². The predicted octanol–water partition coefficient (Wildman–Crippen LogP) is 3.91. The van der Waals surface area contributed by atoms with E-state index in [4.69, 9.17) is 4.74 Å². The molecule has 102 valence electrons. The molecule has 18 heavy (non-hydrogen) atoms. The Kier molecular flexibility index (Phi) is 6.82. The zero-order valence-electron chi connectivity index (χ0n) is 11.2. The molecule has 0 bridgehead atoms. The fraction of sp³-hybridized carbons (Fsp3) is 0.571. The lowest BCUT2D eigenvalue weighted by Gasteiger charge is -2.25. The Morgan fingerprint density at radius 3 is 2.72 bits per heavy atom. The third-order valence-electron chi connectivity index (χ3n) is 3.07. The number of nitrogens with one attached hydrogen (secondary N) is 1. The van der Waals surface area contributed by atoms with E-state index >= 15 is 0 Å². The Bertz CT molecular complexity index is 373. The molecule has 0 spiro atoms. The van der Waals surface area contributed by atoms with Gasteiger partial charge in [-0.3, -0.25) is 0 Å². The van der Waals surface area contributed by atoms with E-state index in [-0.39, 0.29) is 11.9 Å². The molecule has 0 aliphatic rings. The summed E-state index contributed by atoms with van der Waals surface area (Å²) >= 11 is 3.24. The molecular weight excluding hydrogens is 297 g/mol. The van der Waals surface area contributed by atoms with E-state index in [2.05, 4.69) is 35.1 Å². The standard InChI is InChI=1S/C14H21BrFNO/c1-4-17-14(10(2)7-8-18-3)11-5-6-13(16)12(15)9-11/h5-6,9-10,14,17H,4,7-8H2,1-3H3. The van der Waals surface area contributed by atoms with Crippen molar-refractivity contribution in [2.75, 3.05) is 20.3 Å². The Hall–Kier alpha value is -0.450. The lowest BCUT2D eigenvalue weighted by molar-refractivity contribution is 0.170. The molecule has 0 radical (unpaired) electrons. The molecule has 2 atom stereocenters. The fourth-order valence-corrected chi connectivity index (χ4v) is 2.44. The quantitative estimate of drug-likeness (QED) is 0.823. The summed E-state index contributed by atoms with van der Waals surface area (Å²) < 4.78 is 18.9. The number of hydrogen-bond donors (Lipinski definition) is 1. The van der Waals surface area contributed by atoms with E-state index < -0.39 is 0 Å². The second kappa shape index (κ2) is 7.87. The highest BCUT2D eigenvalue weighted by atomic mass is 79.9. The van der Waals surface area contributed by atoms with Crippen LogP contribution in [0.25, 0.3) is 0 Å². The Morgan fingerprint density at radius 2 is 2.17 bits per heavy atom. The molecule has 1 N–H and O–H groups in total. The minimum absolute atomic E-state index is 0.224. The van der Waals surface area contributed by atoms with Gasteiger partial charge in [-0.1, -0.05) is 19.9 Å². The largest absolute Gasteiger partial charge is 0.385 e. The minimum atomic E-state index is -0.224. The van der Waals surface area contributed by atoms with E-state index in [9.17, 15) is 4.39 Å². The van der Waals surface area contributed by atoms with Crippen LogP contribution in [0.15, 0.2) is 22.7 Å². The van der Waals surface area contributed by atoms with Crippen molar-refractivity contribution in [1.82, 2.24) is 5.32 Å². The van der Waals surface area contributed by atoms with Gasteiger partial charge < -0.3 is 10.1 Å². The molecule has 2 unspecified atom stereocenters. The number of hydrogen-bond acceptors (Lipinski definition) is 2. The zero-order valence-corrected chi connectivity index (χ0v) is 12.8. The third kappa shape index (κ3) is 4.34. The molecule has 0 saturated carbocycles. The molecule has 4 heteroatoms. The molecule has 1 aromatic carbocycles. The maximum absolute atomic E-state index is 13.3. The smallest absolute Gasteiger partial charge is 0.137 e. The number of ether oxygens (including phenoxy) is 1. The van der Waals surface area contributed by atoms with Gasteiger partial charge in [-0.05, 0) is 52.5 Å². The van der Waals surface area contributed by atoms with Gasteiger partial charge in [0, 0.05) is 19.8 Å². The average molecular weight is 318 g/mol. The number of methoxy groups -OCH3 is 1. The monoisotopic (exact) mass is 317 g/mol. The maximum Gasteiger partial charge on any atom is 0.137 e. The van der Waals surface area contributed by atoms with Gasteiger partial charge in [-0.25, -0.2) is 4.39 Å². The number of halogens is 2. The Labute approximate surface area is 117 Å². The summed E-state index contributed by atoms with van der Waals surface area (Å²) in [6.07, 6.45) is 0.975. The molecule has 0 saturated heterocycles. The van der Waals surface area contributed by atoms with Crippen LogP contribution in [0.1, 0.15) is 31.9 Å². The molecule has 0 amide bonds. The van der Waals surface area contributed by atoms with Gasteiger partial charge in [0.25, 0.3) is 0 Å². The molecule has 2 nitrogen and oxygen atoms in total. The van der Waals surface area contributed by atoms with Gasteiger partial charge >= 0.3 is 0 Å². The Balaban J connectivity index is 2.85. The summed E-state index contributed by atoms with van der Waals surface area (Å²) in [4.78, 5) is 0. The van der Waals surface area contributed by atoms with Crippen molar-refractivity contribution in [2.45, 2.75) is 26.3 Å². The summed E-state index contributed by atoms with van der Waals surface area (Å²) in [5.41, 5.74) is 1.11. The van der Waals surface area contributed by atoms with E-state index in [1.54, 1.807) is 7.11 Å². The highest BCUT2D eigenvalue weighted by Gasteiger charge is 2.19. The van der Waals surface area contributed by atoms with Crippen LogP contribution < -0.4 is 5.32 Å². The summed E-state index contributed by atoms with van der Waals surface area (Å²) in [6.45, 7) is 5.89. The van der Waals surface area contributed by atoms with Crippen molar-refractivity contribution < 1.29 is 9.13 Å². The van der Waals surface area contributed by atoms with E-state index in [1.165, 1.54) is 6.07 Å². The molecule has 0 fully saturated rings. The topological polar surface area (TPSA) is 21.3 Å². The normalized spacial score (nSPS) is 14.5. The SMILES string of the molecule is CCNC(c1ccc(F)c(Br)c1)C(C)CCOC. The first-order valence-corrected chi connectivity index (χ1v) is 7.06. The van der Waals surface area contributed by atoms with Crippen LogP contribution in [0.2, 0.25) is 0 Å². The van der Waals surface area contributed by atoms with Crippen LogP contribution in [0, 0.1) is 11.7 Å². The highest BCUT2D eigenvalue weighted by Crippen LogP contribution is 2.27. The summed E-state index contributed by atoms with van der Waals surface area (Å²) in [5.74, 6) is 0.209. The second-order valence-electron chi connectivity index (χ2n) is 4.47. The van der Waals surface area contributed by atoms with Crippen molar-refractivity contribution in [3.63, 3.8) is 0 Å². The number of benzene rings is 1. The first kappa shape index (κ1) is 15.6. The second-order valence-corrected chi connectivity index (χ2v) is 5.32. The van der Waals surface area contributed by atoms with Crippen LogP contribution >= 0.6 is 15.9 Å². The van der Waals surface area contributed by atoms with Gasteiger partial charge in [0.05, 0.1) is 4.47 Å². The first-order valence-electron chi connectivity index (χ1n) is 6.27. The van der Waals surface area contributed by atoms with Gasteiger partial charge in [-0.2, -0.15) is 0 Å². The average Bonchev–Trinajstić information content (AvgIpc) is 2.36. The fourth-order valence-electron chi connectivity index (χ4n) is 2.04. The van der Waals surface area contributed by atoms with Gasteiger partial charge in [0.2, 0.25) is 0 Å². The maximum atomic E-state index is 13.3. The summed E-state index contributed by atoms with van der Waals surface area (Å²) in [5, 5.41) is 3.46. The molecule has 1 aromatic rings. The van der Waals surface area contributed by atoms with Crippen LogP contribution in [0.4, 0.5) is 4.39 Å². The van der Waals surface area contributed by atoms with E-state index in [0.717, 1.165) is 25.1 Å². The highest BCUT2D eigenvalue weighted by molar-refractivity contribution is 9.10. The minimum Gasteiger partial charge on any atom is -0.385 e. The van der Waals surface area contributed by atoms with E-state index in [0.29, 0.717) is 10.4 Å². The summed E-state index contributed by atoms with van der Waals surface area (Å²) in [6, 6.07) is 5.43. The van der Waals surface area contributed by atoms with Crippen LogP contribution in [0.5, 0.6) is 0 Å². The molecule has 1 rings (SSSR count). The molecular formula is C14H21BrFNO. The van der Waals surface area contributed by atoms with Crippen molar-refractivity contribution >= 4 is 15.9 Å². The number of rotatable bonds is 7. The van der Waals surface area contributed by atoms with Crippen molar-refractivity contribution in [2.24, 2.45) is 5.92 Å². The van der Waals surface area contributed by atoms with Crippen molar-refractivity contribution in [1.29, 1.82) is 0 Å². The van der Waals surface area contributed by atoms with E-state index in [1.807, 2.05) is 12.1 Å². The molecule has 0 aromatic heterocycles. The zero-order chi connectivity index (χ0) is 13.5. The molecule has 0 aliphatic heterocycles. The Morgan fingerprint density at radius 1 is 1.44 bits per heavy atom.